The Morgan fingerprint density at radius 3 is 1.48 bits per heavy atom. The zero-order valence-corrected chi connectivity index (χ0v) is 20.3. The van der Waals surface area contributed by atoms with Crippen molar-refractivity contribution in [1.82, 2.24) is 0 Å². The highest BCUT2D eigenvalue weighted by atomic mass is 16.6. The molecule has 0 saturated carbocycles. The maximum absolute atomic E-state index is 12.1. The van der Waals surface area contributed by atoms with Gasteiger partial charge in [0.05, 0.1) is 0 Å². The van der Waals surface area contributed by atoms with E-state index in [9.17, 15) is 14.4 Å². The number of ether oxygens (including phenoxy) is 3. The Morgan fingerprint density at radius 1 is 0.581 bits per heavy atom. The molecule has 0 aromatic heterocycles. The van der Waals surface area contributed by atoms with Crippen LogP contribution < -0.4 is 0 Å². The standard InChI is InChI=1S/C25H46O6/c1-4-6-8-10-12-14-16-18-24(27)30-21-23(20-29-22(3)26)31-25(28)19-17-15-13-11-9-7-5-2/h23H,4-21H2,1-3H3. The van der Waals surface area contributed by atoms with Crippen molar-refractivity contribution in [2.24, 2.45) is 0 Å². The minimum absolute atomic E-state index is 0.0780. The Kier molecular flexibility index (Phi) is 20.5. The maximum atomic E-state index is 12.1. The van der Waals surface area contributed by atoms with Gasteiger partial charge in [-0.2, -0.15) is 0 Å². The van der Waals surface area contributed by atoms with Crippen LogP contribution in [-0.2, 0) is 28.6 Å². The molecule has 6 heteroatoms. The third kappa shape index (κ3) is 21.4. The Bertz CT molecular complexity index is 463. The summed E-state index contributed by atoms with van der Waals surface area (Å²) in [5, 5.41) is 0. The van der Waals surface area contributed by atoms with Crippen molar-refractivity contribution in [3.05, 3.63) is 0 Å². The van der Waals surface area contributed by atoms with Gasteiger partial charge in [-0.25, -0.2) is 0 Å². The molecule has 0 rings (SSSR count). The van der Waals surface area contributed by atoms with Crippen molar-refractivity contribution >= 4 is 17.9 Å². The summed E-state index contributed by atoms with van der Waals surface area (Å²) in [6.07, 6.45) is 15.7. The van der Waals surface area contributed by atoms with Crippen LogP contribution in [0.15, 0.2) is 0 Å². The molecule has 0 fully saturated rings. The van der Waals surface area contributed by atoms with Gasteiger partial charge >= 0.3 is 17.9 Å². The molecule has 0 aliphatic rings. The summed E-state index contributed by atoms with van der Waals surface area (Å²) < 4.78 is 15.6. The number of hydrogen-bond donors (Lipinski definition) is 0. The first-order valence-corrected chi connectivity index (χ1v) is 12.5. The first-order chi connectivity index (χ1) is 15.0. The zero-order chi connectivity index (χ0) is 23.2. The lowest BCUT2D eigenvalue weighted by Gasteiger charge is -2.17. The Balaban J connectivity index is 4.04. The molecule has 6 nitrogen and oxygen atoms in total. The van der Waals surface area contributed by atoms with Crippen LogP contribution >= 0.6 is 0 Å². The Hall–Kier alpha value is -1.59. The molecule has 0 N–H and O–H groups in total. The quantitative estimate of drug-likeness (QED) is 0.118. The second kappa shape index (κ2) is 21.6. The van der Waals surface area contributed by atoms with Crippen LogP contribution in [0.4, 0.5) is 0 Å². The first kappa shape index (κ1) is 29.4. The molecular weight excluding hydrogens is 396 g/mol. The minimum atomic E-state index is -0.751. The second-order valence-corrected chi connectivity index (χ2v) is 8.34. The fourth-order valence-electron chi connectivity index (χ4n) is 3.28. The van der Waals surface area contributed by atoms with E-state index < -0.39 is 12.1 Å². The van der Waals surface area contributed by atoms with E-state index in [1.54, 1.807) is 0 Å². The van der Waals surface area contributed by atoms with Crippen LogP contribution in [0.25, 0.3) is 0 Å². The summed E-state index contributed by atoms with van der Waals surface area (Å²) in [5.41, 5.74) is 0. The number of carbonyl (C=O) groups is 3. The van der Waals surface area contributed by atoms with Gasteiger partial charge in [0.1, 0.15) is 13.2 Å². The van der Waals surface area contributed by atoms with Crippen molar-refractivity contribution in [3.8, 4) is 0 Å². The van der Waals surface area contributed by atoms with Gasteiger partial charge < -0.3 is 14.2 Å². The van der Waals surface area contributed by atoms with Crippen LogP contribution in [-0.4, -0.2) is 37.2 Å². The molecule has 31 heavy (non-hydrogen) atoms. The van der Waals surface area contributed by atoms with Crippen molar-refractivity contribution in [2.45, 2.75) is 130 Å². The number of hydrogen-bond acceptors (Lipinski definition) is 6. The molecule has 0 aliphatic carbocycles. The van der Waals surface area contributed by atoms with Crippen LogP contribution in [0.5, 0.6) is 0 Å². The SMILES string of the molecule is CCCCCCCCCC(=O)OCC(COC(C)=O)OC(=O)CCCCCCCCC. The van der Waals surface area contributed by atoms with E-state index in [1.807, 2.05) is 0 Å². The van der Waals surface area contributed by atoms with E-state index in [0.29, 0.717) is 12.8 Å². The average Bonchev–Trinajstić information content (AvgIpc) is 2.74. The van der Waals surface area contributed by atoms with Gasteiger partial charge in [0.15, 0.2) is 6.10 Å². The molecule has 0 aliphatic heterocycles. The van der Waals surface area contributed by atoms with E-state index in [4.69, 9.17) is 14.2 Å². The van der Waals surface area contributed by atoms with Gasteiger partial charge in [-0.3, -0.25) is 14.4 Å². The smallest absolute Gasteiger partial charge is 0.306 e. The topological polar surface area (TPSA) is 78.9 Å². The summed E-state index contributed by atoms with van der Waals surface area (Å²) in [6.45, 7) is 5.50. The molecule has 1 unspecified atom stereocenters. The number of unbranched alkanes of at least 4 members (excludes halogenated alkanes) is 12. The fraction of sp³-hybridized carbons (Fsp3) is 0.880. The van der Waals surface area contributed by atoms with Crippen LogP contribution in [0.3, 0.4) is 0 Å². The lowest BCUT2D eigenvalue weighted by atomic mass is 10.1. The lowest BCUT2D eigenvalue weighted by molar-refractivity contribution is -0.166. The molecule has 0 spiro atoms. The molecule has 0 radical (unpaired) electrons. The van der Waals surface area contributed by atoms with Gasteiger partial charge in [0, 0.05) is 19.8 Å². The summed E-state index contributed by atoms with van der Waals surface area (Å²) >= 11 is 0. The normalized spacial score (nSPS) is 11.7. The average molecular weight is 443 g/mol. The van der Waals surface area contributed by atoms with Gasteiger partial charge in [0.25, 0.3) is 0 Å². The summed E-state index contributed by atoms with van der Waals surface area (Å²) in [6, 6.07) is 0. The van der Waals surface area contributed by atoms with Crippen molar-refractivity contribution in [3.63, 3.8) is 0 Å². The van der Waals surface area contributed by atoms with Gasteiger partial charge in [-0.05, 0) is 12.8 Å². The lowest BCUT2D eigenvalue weighted by Crippen LogP contribution is -2.30. The van der Waals surface area contributed by atoms with Crippen molar-refractivity contribution in [1.29, 1.82) is 0 Å². The molecule has 0 amide bonds. The Labute approximate surface area is 189 Å². The second-order valence-electron chi connectivity index (χ2n) is 8.34. The predicted octanol–water partition coefficient (Wildman–Crippen LogP) is 6.29. The Morgan fingerprint density at radius 2 is 1.00 bits per heavy atom. The van der Waals surface area contributed by atoms with E-state index in [0.717, 1.165) is 38.5 Å². The molecule has 0 bridgehead atoms. The van der Waals surface area contributed by atoms with E-state index in [2.05, 4.69) is 13.8 Å². The van der Waals surface area contributed by atoms with Gasteiger partial charge in [-0.15, -0.1) is 0 Å². The summed E-state index contributed by atoms with van der Waals surface area (Å²) in [4.78, 5) is 35.1. The highest BCUT2D eigenvalue weighted by Gasteiger charge is 2.18. The monoisotopic (exact) mass is 442 g/mol. The van der Waals surface area contributed by atoms with Crippen molar-refractivity contribution in [2.75, 3.05) is 13.2 Å². The van der Waals surface area contributed by atoms with Gasteiger partial charge in [0.2, 0.25) is 0 Å². The minimum Gasteiger partial charge on any atom is -0.462 e. The van der Waals surface area contributed by atoms with E-state index in [1.165, 1.54) is 58.3 Å². The highest BCUT2D eigenvalue weighted by molar-refractivity contribution is 5.70. The molecule has 0 aromatic carbocycles. The van der Waals surface area contributed by atoms with Crippen LogP contribution in [0, 0.1) is 0 Å². The largest absolute Gasteiger partial charge is 0.462 e. The van der Waals surface area contributed by atoms with Gasteiger partial charge in [-0.1, -0.05) is 90.9 Å². The molecule has 182 valence electrons. The summed E-state index contributed by atoms with van der Waals surface area (Å²) in [7, 11) is 0. The fourth-order valence-corrected chi connectivity index (χ4v) is 3.28. The van der Waals surface area contributed by atoms with Crippen LogP contribution in [0.1, 0.15) is 124 Å². The van der Waals surface area contributed by atoms with Crippen LogP contribution in [0.2, 0.25) is 0 Å². The molecule has 0 heterocycles. The first-order valence-electron chi connectivity index (χ1n) is 12.5. The number of esters is 3. The number of carbonyl (C=O) groups excluding carboxylic acids is 3. The highest BCUT2D eigenvalue weighted by Crippen LogP contribution is 2.11. The molecular formula is C25H46O6. The van der Waals surface area contributed by atoms with E-state index >= 15 is 0 Å². The maximum Gasteiger partial charge on any atom is 0.306 e. The zero-order valence-electron chi connectivity index (χ0n) is 20.3. The predicted molar refractivity (Wildman–Crippen MR) is 123 cm³/mol. The third-order valence-corrected chi connectivity index (χ3v) is 5.17. The van der Waals surface area contributed by atoms with E-state index in [-0.39, 0.29) is 25.2 Å². The molecule has 0 aromatic rings. The molecule has 1 atom stereocenters. The third-order valence-electron chi connectivity index (χ3n) is 5.17. The van der Waals surface area contributed by atoms with Crippen molar-refractivity contribution < 1.29 is 28.6 Å². The number of rotatable bonds is 21. The molecule has 0 saturated heterocycles. The summed E-state index contributed by atoms with van der Waals surface area (Å²) in [5.74, 6) is -1.10.